The smallest absolute Gasteiger partial charge is 0.310 e. The number of ether oxygens (including phenoxy) is 1. The van der Waals surface area contributed by atoms with E-state index in [2.05, 4.69) is 90.5 Å². The van der Waals surface area contributed by atoms with Crippen LogP contribution in [0.25, 0.3) is 22.2 Å². The molecule has 5 rings (SSSR count). The molecule has 0 saturated heterocycles. The van der Waals surface area contributed by atoms with Crippen molar-refractivity contribution in [3.8, 4) is 11.3 Å². The van der Waals surface area contributed by atoms with Gasteiger partial charge in [0.1, 0.15) is 5.60 Å². The third-order valence-corrected chi connectivity index (χ3v) is 7.52. The lowest BCUT2D eigenvalue weighted by Crippen LogP contribution is -2.33. The van der Waals surface area contributed by atoms with Crippen molar-refractivity contribution in [2.45, 2.75) is 64.4 Å². The summed E-state index contributed by atoms with van der Waals surface area (Å²) < 4.78 is 8.11. The Labute approximate surface area is 215 Å². The van der Waals surface area contributed by atoms with E-state index in [1.54, 1.807) is 0 Å². The van der Waals surface area contributed by atoms with E-state index in [1.807, 2.05) is 20.8 Å². The number of benzene rings is 3. The molecule has 0 bridgehead atoms. The van der Waals surface area contributed by atoms with Crippen LogP contribution in [0.3, 0.4) is 0 Å². The van der Waals surface area contributed by atoms with Gasteiger partial charge in [-0.05, 0) is 67.9 Å². The second-order valence-corrected chi connectivity index (χ2v) is 11.2. The summed E-state index contributed by atoms with van der Waals surface area (Å²) in [7, 11) is 2.16. The number of aromatic nitrogens is 1. The molecule has 1 aliphatic carbocycles. The lowest BCUT2D eigenvalue weighted by Gasteiger charge is -2.32. The predicted molar refractivity (Wildman–Crippen MR) is 148 cm³/mol. The molecule has 36 heavy (non-hydrogen) atoms. The second-order valence-electron chi connectivity index (χ2n) is 11.2. The molecule has 1 aromatic heterocycles. The van der Waals surface area contributed by atoms with Crippen molar-refractivity contribution in [1.82, 2.24) is 4.57 Å². The Morgan fingerprint density at radius 3 is 2.28 bits per heavy atom. The zero-order valence-corrected chi connectivity index (χ0v) is 22.0. The molecule has 0 radical (unpaired) electrons. The first-order chi connectivity index (χ1) is 17.3. The molecule has 186 valence electrons. The Morgan fingerprint density at radius 1 is 0.889 bits per heavy atom. The molecule has 1 heterocycles. The quantitative estimate of drug-likeness (QED) is 0.271. The van der Waals surface area contributed by atoms with Crippen LogP contribution in [0.4, 0.5) is 0 Å². The Kier molecular flexibility index (Phi) is 6.75. The van der Waals surface area contributed by atoms with Gasteiger partial charge in [0.2, 0.25) is 0 Å². The second kappa shape index (κ2) is 9.97. The summed E-state index contributed by atoms with van der Waals surface area (Å²) in [4.78, 5) is 13.0. The minimum atomic E-state index is -0.447. The summed E-state index contributed by atoms with van der Waals surface area (Å²) >= 11 is 0. The van der Waals surface area contributed by atoms with Gasteiger partial charge in [-0.25, -0.2) is 0 Å². The van der Waals surface area contributed by atoms with E-state index >= 15 is 0 Å². The van der Waals surface area contributed by atoms with Crippen LogP contribution in [0.15, 0.2) is 78.9 Å². The van der Waals surface area contributed by atoms with Crippen LogP contribution in [-0.2, 0) is 23.0 Å². The third-order valence-electron chi connectivity index (χ3n) is 7.52. The van der Waals surface area contributed by atoms with E-state index in [4.69, 9.17) is 4.74 Å². The molecular weight excluding hydrogens is 442 g/mol. The number of esters is 1. The van der Waals surface area contributed by atoms with Gasteiger partial charge in [0.15, 0.2) is 0 Å². The van der Waals surface area contributed by atoms with E-state index < -0.39 is 5.60 Å². The first kappa shape index (κ1) is 24.4. The molecule has 2 atom stereocenters. The third kappa shape index (κ3) is 4.97. The highest BCUT2D eigenvalue weighted by Gasteiger charge is 2.35. The molecule has 0 spiro atoms. The van der Waals surface area contributed by atoms with Gasteiger partial charge in [-0.3, -0.25) is 4.79 Å². The standard InChI is InChI=1S/C33H37NO2/c1-33(2,3)36-32(35)28-16-9-8-14-26(28)24-20-18-23(19-21-24)22-29-27-15-10-11-17-30(27)34(4)31(29)25-12-6-5-7-13-25/h5-7,10-13,15,17-21,26,28H,8-9,14,16,22H2,1-4H3. The van der Waals surface area contributed by atoms with E-state index in [9.17, 15) is 4.79 Å². The Balaban J connectivity index is 1.44. The maximum atomic E-state index is 13.0. The zero-order valence-electron chi connectivity index (χ0n) is 22.0. The molecule has 3 nitrogen and oxygen atoms in total. The molecular formula is C33H37NO2. The van der Waals surface area contributed by atoms with Crippen molar-refractivity contribution in [2.75, 3.05) is 0 Å². The van der Waals surface area contributed by atoms with E-state index in [1.165, 1.54) is 45.3 Å². The van der Waals surface area contributed by atoms with Gasteiger partial charge in [-0.2, -0.15) is 0 Å². The minimum Gasteiger partial charge on any atom is -0.460 e. The molecule has 1 aliphatic rings. The fraction of sp³-hybridized carbons (Fsp3) is 0.364. The topological polar surface area (TPSA) is 31.2 Å². The average Bonchev–Trinajstić information content (AvgIpc) is 3.15. The molecule has 2 unspecified atom stereocenters. The number of para-hydroxylation sites is 1. The van der Waals surface area contributed by atoms with E-state index in [-0.39, 0.29) is 17.8 Å². The van der Waals surface area contributed by atoms with Gasteiger partial charge in [-0.1, -0.05) is 85.6 Å². The van der Waals surface area contributed by atoms with Gasteiger partial charge in [0.25, 0.3) is 0 Å². The highest BCUT2D eigenvalue weighted by molar-refractivity contribution is 5.92. The van der Waals surface area contributed by atoms with Crippen molar-refractivity contribution in [3.05, 3.63) is 95.6 Å². The number of rotatable bonds is 5. The van der Waals surface area contributed by atoms with Crippen LogP contribution in [0.5, 0.6) is 0 Å². The van der Waals surface area contributed by atoms with Gasteiger partial charge < -0.3 is 9.30 Å². The predicted octanol–water partition coefficient (Wildman–Crippen LogP) is 8.05. The van der Waals surface area contributed by atoms with Crippen LogP contribution in [0, 0.1) is 5.92 Å². The summed E-state index contributed by atoms with van der Waals surface area (Å²) in [5, 5.41) is 1.31. The Morgan fingerprint density at radius 2 is 1.56 bits per heavy atom. The largest absolute Gasteiger partial charge is 0.460 e. The summed E-state index contributed by atoms with van der Waals surface area (Å²) in [5.74, 6) is 0.145. The van der Waals surface area contributed by atoms with Gasteiger partial charge in [0.05, 0.1) is 11.6 Å². The number of carbonyl (C=O) groups excluding carboxylic acids is 1. The molecule has 3 aromatic carbocycles. The summed E-state index contributed by atoms with van der Waals surface area (Å²) in [6, 6.07) is 28.4. The Bertz CT molecular complexity index is 1340. The number of nitrogens with zero attached hydrogens (tertiary/aromatic N) is 1. The maximum Gasteiger partial charge on any atom is 0.310 e. The van der Waals surface area contributed by atoms with Crippen LogP contribution in [0.1, 0.15) is 69.1 Å². The number of hydrogen-bond acceptors (Lipinski definition) is 2. The summed E-state index contributed by atoms with van der Waals surface area (Å²) in [6.45, 7) is 5.86. The van der Waals surface area contributed by atoms with Gasteiger partial charge in [-0.15, -0.1) is 0 Å². The van der Waals surface area contributed by atoms with Crippen molar-refractivity contribution in [1.29, 1.82) is 0 Å². The van der Waals surface area contributed by atoms with E-state index in [0.717, 1.165) is 25.7 Å². The number of fused-ring (bicyclic) bond motifs is 1. The maximum absolute atomic E-state index is 13.0. The fourth-order valence-electron chi connectivity index (χ4n) is 5.89. The monoisotopic (exact) mass is 479 g/mol. The van der Waals surface area contributed by atoms with Crippen molar-refractivity contribution >= 4 is 16.9 Å². The van der Waals surface area contributed by atoms with Crippen LogP contribution < -0.4 is 0 Å². The number of hydrogen-bond donors (Lipinski definition) is 0. The van der Waals surface area contributed by atoms with Crippen LogP contribution in [-0.4, -0.2) is 16.1 Å². The summed E-state index contributed by atoms with van der Waals surface area (Å²) in [5.41, 5.74) is 7.23. The van der Waals surface area contributed by atoms with Crippen molar-refractivity contribution < 1.29 is 9.53 Å². The molecule has 0 aliphatic heterocycles. The SMILES string of the molecule is Cn1c(-c2ccccc2)c(Cc2ccc(C3CCCCC3C(=O)OC(C)(C)C)cc2)c2ccccc21. The molecule has 4 aromatic rings. The first-order valence-corrected chi connectivity index (χ1v) is 13.3. The highest BCUT2D eigenvalue weighted by Crippen LogP contribution is 2.40. The molecule has 0 amide bonds. The van der Waals surface area contributed by atoms with Gasteiger partial charge in [0, 0.05) is 24.4 Å². The van der Waals surface area contributed by atoms with Crippen molar-refractivity contribution in [3.63, 3.8) is 0 Å². The highest BCUT2D eigenvalue weighted by atomic mass is 16.6. The van der Waals surface area contributed by atoms with Crippen LogP contribution >= 0.6 is 0 Å². The first-order valence-electron chi connectivity index (χ1n) is 13.3. The van der Waals surface area contributed by atoms with Gasteiger partial charge >= 0.3 is 5.97 Å². The van der Waals surface area contributed by atoms with Crippen LogP contribution in [0.2, 0.25) is 0 Å². The molecule has 1 fully saturated rings. The average molecular weight is 480 g/mol. The Hall–Kier alpha value is -3.33. The minimum absolute atomic E-state index is 0.0421. The lowest BCUT2D eigenvalue weighted by atomic mass is 9.75. The molecule has 3 heteroatoms. The van der Waals surface area contributed by atoms with Crippen molar-refractivity contribution in [2.24, 2.45) is 13.0 Å². The fourth-order valence-corrected chi connectivity index (χ4v) is 5.89. The number of carbonyl (C=O) groups is 1. The molecule has 0 N–H and O–H groups in total. The zero-order chi connectivity index (χ0) is 25.3. The normalized spacial score (nSPS) is 18.3. The summed E-state index contributed by atoms with van der Waals surface area (Å²) in [6.07, 6.45) is 5.10. The number of aryl methyl sites for hydroxylation is 1. The van der Waals surface area contributed by atoms with E-state index in [0.29, 0.717) is 0 Å². The molecule has 1 saturated carbocycles. The lowest BCUT2D eigenvalue weighted by molar-refractivity contribution is -0.161.